The van der Waals surface area contributed by atoms with Crippen LogP contribution < -0.4 is 5.32 Å². The van der Waals surface area contributed by atoms with Gasteiger partial charge in [0.2, 0.25) is 0 Å². The average molecular weight is 319 g/mol. The minimum absolute atomic E-state index is 0.214. The van der Waals surface area contributed by atoms with Crippen molar-refractivity contribution < 1.29 is 14.3 Å². The Balaban J connectivity index is 2.26. The maximum absolute atomic E-state index is 12.2. The summed E-state index contributed by atoms with van der Waals surface area (Å²) in [7, 11) is 1.32. The first kappa shape index (κ1) is 19.2. The van der Waals surface area contributed by atoms with Crippen LogP contribution in [0.5, 0.6) is 0 Å². The fourth-order valence-corrected chi connectivity index (χ4v) is 2.53. The number of carbonyl (C=O) groups excluding carboxylic acids is 2. The van der Waals surface area contributed by atoms with Crippen molar-refractivity contribution in [2.24, 2.45) is 0 Å². The summed E-state index contributed by atoms with van der Waals surface area (Å²) in [5.74, 6) is -0.697. The number of benzene rings is 1. The lowest BCUT2D eigenvalue weighted by atomic mass is 10.1. The van der Waals surface area contributed by atoms with Crippen LogP contribution in [0.2, 0.25) is 0 Å². The highest BCUT2D eigenvalue weighted by molar-refractivity contribution is 6.05. The van der Waals surface area contributed by atoms with E-state index in [1.165, 1.54) is 45.6 Å². The number of carbonyl (C=O) groups is 2. The van der Waals surface area contributed by atoms with E-state index < -0.39 is 5.97 Å². The summed E-state index contributed by atoms with van der Waals surface area (Å²) < 4.78 is 4.71. The quantitative estimate of drug-likeness (QED) is 0.487. The monoisotopic (exact) mass is 319 g/mol. The zero-order chi connectivity index (χ0) is 16.9. The minimum Gasteiger partial charge on any atom is -0.465 e. The molecule has 0 aliphatic heterocycles. The maximum Gasteiger partial charge on any atom is 0.338 e. The molecule has 4 heteroatoms. The number of unbranched alkanes of at least 4 members (excludes halogenated alkanes) is 7. The third-order valence-corrected chi connectivity index (χ3v) is 3.89. The molecule has 128 valence electrons. The third-order valence-electron chi connectivity index (χ3n) is 3.89. The molecule has 1 aromatic carbocycles. The molecule has 23 heavy (non-hydrogen) atoms. The van der Waals surface area contributed by atoms with Crippen molar-refractivity contribution in [3.8, 4) is 0 Å². The van der Waals surface area contributed by atoms with Crippen molar-refractivity contribution in [1.82, 2.24) is 5.32 Å². The van der Waals surface area contributed by atoms with Crippen LogP contribution >= 0.6 is 0 Å². The lowest BCUT2D eigenvalue weighted by molar-refractivity contribution is 0.0596. The van der Waals surface area contributed by atoms with Gasteiger partial charge >= 0.3 is 5.97 Å². The SMILES string of the molecule is CCCCCCCCCCNC(=O)c1ccccc1C(=O)OC. The number of nitrogens with one attached hydrogen (secondary N) is 1. The van der Waals surface area contributed by atoms with Crippen LogP contribution in [0.4, 0.5) is 0 Å². The van der Waals surface area contributed by atoms with Crippen LogP contribution in [0.15, 0.2) is 24.3 Å². The van der Waals surface area contributed by atoms with E-state index >= 15 is 0 Å². The molecule has 4 nitrogen and oxygen atoms in total. The summed E-state index contributed by atoms with van der Waals surface area (Å²) >= 11 is 0. The van der Waals surface area contributed by atoms with Crippen molar-refractivity contribution in [2.45, 2.75) is 58.3 Å². The van der Waals surface area contributed by atoms with E-state index in [0.29, 0.717) is 17.7 Å². The highest BCUT2D eigenvalue weighted by atomic mass is 16.5. The molecule has 1 rings (SSSR count). The molecule has 0 aliphatic rings. The fourth-order valence-electron chi connectivity index (χ4n) is 2.53. The van der Waals surface area contributed by atoms with Gasteiger partial charge in [0.25, 0.3) is 5.91 Å². The van der Waals surface area contributed by atoms with Crippen molar-refractivity contribution in [3.05, 3.63) is 35.4 Å². The Kier molecular flexibility index (Phi) is 9.76. The Hall–Kier alpha value is -1.84. The Morgan fingerprint density at radius 3 is 2.09 bits per heavy atom. The van der Waals surface area contributed by atoms with E-state index in [9.17, 15) is 9.59 Å². The third kappa shape index (κ3) is 7.31. The van der Waals surface area contributed by atoms with Gasteiger partial charge in [-0.2, -0.15) is 0 Å². The summed E-state index contributed by atoms with van der Waals surface area (Å²) in [6.45, 7) is 2.87. The molecule has 0 aliphatic carbocycles. The van der Waals surface area contributed by atoms with E-state index in [0.717, 1.165) is 12.8 Å². The molecule has 1 amide bonds. The summed E-state index contributed by atoms with van der Waals surface area (Å²) in [5.41, 5.74) is 0.683. The summed E-state index contributed by atoms with van der Waals surface area (Å²) in [6.07, 6.45) is 9.85. The molecule has 0 bridgehead atoms. The first-order valence-corrected chi connectivity index (χ1v) is 8.66. The largest absolute Gasteiger partial charge is 0.465 e. The molecule has 0 atom stereocenters. The Morgan fingerprint density at radius 2 is 1.48 bits per heavy atom. The zero-order valence-electron chi connectivity index (χ0n) is 14.4. The topological polar surface area (TPSA) is 55.4 Å². The predicted molar refractivity (Wildman–Crippen MR) is 92.7 cm³/mol. The van der Waals surface area contributed by atoms with Crippen molar-refractivity contribution in [3.63, 3.8) is 0 Å². The van der Waals surface area contributed by atoms with Crippen molar-refractivity contribution in [1.29, 1.82) is 0 Å². The van der Waals surface area contributed by atoms with Gasteiger partial charge in [0.1, 0.15) is 0 Å². The number of hydrogen-bond acceptors (Lipinski definition) is 3. The molecular formula is C19H29NO3. The number of hydrogen-bond donors (Lipinski definition) is 1. The Morgan fingerprint density at radius 1 is 0.913 bits per heavy atom. The second kappa shape index (κ2) is 11.7. The van der Waals surface area contributed by atoms with Crippen LogP contribution in [-0.4, -0.2) is 25.5 Å². The summed E-state index contributed by atoms with van der Waals surface area (Å²) in [4.78, 5) is 23.8. The second-order valence-corrected chi connectivity index (χ2v) is 5.77. The lowest BCUT2D eigenvalue weighted by Crippen LogP contribution is -2.26. The Bertz CT molecular complexity index is 485. The van der Waals surface area contributed by atoms with Gasteiger partial charge in [0.15, 0.2) is 0 Å². The van der Waals surface area contributed by atoms with Crippen LogP contribution in [0.3, 0.4) is 0 Å². The molecule has 0 radical (unpaired) electrons. The van der Waals surface area contributed by atoms with Crippen LogP contribution in [0.1, 0.15) is 79.0 Å². The van der Waals surface area contributed by atoms with Crippen LogP contribution in [0, 0.1) is 0 Å². The highest BCUT2D eigenvalue weighted by Gasteiger charge is 2.16. The van der Waals surface area contributed by atoms with Gasteiger partial charge in [0.05, 0.1) is 18.2 Å². The molecule has 0 unspecified atom stereocenters. The molecule has 0 spiro atoms. The molecule has 1 N–H and O–H groups in total. The number of amides is 1. The first-order valence-electron chi connectivity index (χ1n) is 8.66. The first-order chi connectivity index (χ1) is 11.2. The van der Waals surface area contributed by atoms with Gasteiger partial charge in [0, 0.05) is 6.54 Å². The van der Waals surface area contributed by atoms with Gasteiger partial charge in [-0.1, -0.05) is 64.0 Å². The van der Waals surface area contributed by atoms with Gasteiger partial charge in [-0.15, -0.1) is 0 Å². The van der Waals surface area contributed by atoms with Crippen LogP contribution in [-0.2, 0) is 4.74 Å². The normalized spacial score (nSPS) is 10.3. The number of ether oxygens (including phenoxy) is 1. The zero-order valence-corrected chi connectivity index (χ0v) is 14.4. The smallest absolute Gasteiger partial charge is 0.338 e. The standard InChI is InChI=1S/C19H29NO3/c1-3-4-5-6-7-8-9-12-15-20-18(21)16-13-10-11-14-17(16)19(22)23-2/h10-11,13-14H,3-9,12,15H2,1-2H3,(H,20,21). The van der Waals surface area contributed by atoms with Crippen LogP contribution in [0.25, 0.3) is 0 Å². The molecule has 0 aromatic heterocycles. The summed E-state index contributed by atoms with van der Waals surface area (Å²) in [5, 5.41) is 2.88. The minimum atomic E-state index is -0.483. The van der Waals surface area contributed by atoms with E-state index in [1.54, 1.807) is 24.3 Å². The molecule has 0 saturated carbocycles. The van der Waals surface area contributed by atoms with Crippen molar-refractivity contribution in [2.75, 3.05) is 13.7 Å². The maximum atomic E-state index is 12.2. The molecule has 1 aromatic rings. The molecule has 0 heterocycles. The predicted octanol–water partition coefficient (Wildman–Crippen LogP) is 4.34. The van der Waals surface area contributed by atoms with E-state index in [1.807, 2.05) is 0 Å². The molecular weight excluding hydrogens is 290 g/mol. The van der Waals surface area contributed by atoms with Gasteiger partial charge in [-0.25, -0.2) is 4.79 Å². The van der Waals surface area contributed by atoms with E-state index in [2.05, 4.69) is 12.2 Å². The average Bonchev–Trinajstić information content (AvgIpc) is 2.59. The van der Waals surface area contributed by atoms with E-state index in [-0.39, 0.29) is 5.91 Å². The Labute approximate surface area is 139 Å². The number of esters is 1. The second-order valence-electron chi connectivity index (χ2n) is 5.77. The van der Waals surface area contributed by atoms with Crippen molar-refractivity contribution >= 4 is 11.9 Å². The van der Waals surface area contributed by atoms with Gasteiger partial charge in [-0.3, -0.25) is 4.79 Å². The molecule has 0 fully saturated rings. The molecule has 0 saturated heterocycles. The summed E-state index contributed by atoms with van der Waals surface area (Å²) in [6, 6.07) is 6.73. The van der Waals surface area contributed by atoms with Gasteiger partial charge in [-0.05, 0) is 18.6 Å². The fraction of sp³-hybridized carbons (Fsp3) is 0.579. The van der Waals surface area contributed by atoms with Gasteiger partial charge < -0.3 is 10.1 Å². The number of methoxy groups -OCH3 is 1. The highest BCUT2D eigenvalue weighted by Crippen LogP contribution is 2.11. The van der Waals surface area contributed by atoms with E-state index in [4.69, 9.17) is 4.74 Å². The number of rotatable bonds is 11. The lowest BCUT2D eigenvalue weighted by Gasteiger charge is -2.08.